The molecule has 0 atom stereocenters. The molecule has 0 aromatic heterocycles. The van der Waals surface area contributed by atoms with Crippen LogP contribution in [-0.4, -0.2) is 12.6 Å². The summed E-state index contributed by atoms with van der Waals surface area (Å²) in [5, 5.41) is 5.83. The molecule has 1 aromatic carbocycles. The number of hydrogen-bond donors (Lipinski definition) is 2. The van der Waals surface area contributed by atoms with Gasteiger partial charge in [0.2, 0.25) is 0 Å². The van der Waals surface area contributed by atoms with E-state index in [1.54, 1.807) is 0 Å². The largest absolute Gasteiger partial charge is 0.338 e. The maximum absolute atomic E-state index is 11.8. The molecule has 110 valence electrons. The molecule has 4 heteroatoms. The summed E-state index contributed by atoms with van der Waals surface area (Å²) in [6, 6.07) is 5.78. The van der Waals surface area contributed by atoms with Crippen LogP contribution in [0.25, 0.3) is 0 Å². The minimum atomic E-state index is -0.120. The second kappa shape index (κ2) is 7.67. The molecule has 0 radical (unpaired) electrons. The van der Waals surface area contributed by atoms with Gasteiger partial charge >= 0.3 is 6.03 Å². The van der Waals surface area contributed by atoms with Crippen LogP contribution >= 0.6 is 15.9 Å². The molecular weight excluding hydrogens is 316 g/mol. The van der Waals surface area contributed by atoms with Crippen molar-refractivity contribution in [3.05, 3.63) is 28.2 Å². The summed E-state index contributed by atoms with van der Waals surface area (Å²) in [5.41, 5.74) is 1.98. The minimum absolute atomic E-state index is 0.120. The van der Waals surface area contributed by atoms with E-state index in [2.05, 4.69) is 26.6 Å². The van der Waals surface area contributed by atoms with Gasteiger partial charge in [-0.15, -0.1) is 0 Å². The summed E-state index contributed by atoms with van der Waals surface area (Å²) in [5.74, 6) is 0.801. The zero-order valence-electron chi connectivity index (χ0n) is 12.0. The summed E-state index contributed by atoms with van der Waals surface area (Å²) < 4.78 is 0.917. The first-order valence-corrected chi connectivity index (χ1v) is 8.25. The van der Waals surface area contributed by atoms with E-state index in [-0.39, 0.29) is 6.03 Å². The van der Waals surface area contributed by atoms with Crippen molar-refractivity contribution in [3.8, 4) is 0 Å². The first-order chi connectivity index (χ1) is 9.65. The van der Waals surface area contributed by atoms with E-state index in [9.17, 15) is 4.79 Å². The third-order valence-corrected chi connectivity index (χ3v) is 4.59. The Labute approximate surface area is 129 Å². The second-order valence-corrected chi connectivity index (χ2v) is 6.51. The lowest BCUT2D eigenvalue weighted by Gasteiger charge is -2.21. The van der Waals surface area contributed by atoms with Crippen molar-refractivity contribution in [1.82, 2.24) is 5.32 Å². The van der Waals surface area contributed by atoms with Crippen LogP contribution in [0.4, 0.5) is 10.5 Å². The van der Waals surface area contributed by atoms with Gasteiger partial charge in [-0.05, 0) is 52.9 Å². The normalized spacial score (nSPS) is 15.9. The van der Waals surface area contributed by atoms with E-state index in [4.69, 9.17) is 0 Å². The van der Waals surface area contributed by atoms with Crippen LogP contribution in [-0.2, 0) is 0 Å². The van der Waals surface area contributed by atoms with E-state index in [1.165, 1.54) is 37.7 Å². The number of benzene rings is 1. The van der Waals surface area contributed by atoms with Crippen LogP contribution < -0.4 is 10.6 Å². The van der Waals surface area contributed by atoms with Crippen molar-refractivity contribution in [2.75, 3.05) is 11.9 Å². The maximum atomic E-state index is 11.8. The number of carbonyl (C=O) groups excluding carboxylic acids is 1. The predicted octanol–water partition coefficient (Wildman–Crippen LogP) is 4.85. The quantitative estimate of drug-likeness (QED) is 0.809. The van der Waals surface area contributed by atoms with Crippen molar-refractivity contribution >= 4 is 27.6 Å². The summed E-state index contributed by atoms with van der Waals surface area (Å²) >= 11 is 3.46. The average Bonchev–Trinajstić information content (AvgIpc) is 2.43. The number of halogens is 1. The van der Waals surface area contributed by atoms with E-state index in [0.717, 1.165) is 29.0 Å². The molecule has 2 N–H and O–H groups in total. The van der Waals surface area contributed by atoms with Crippen LogP contribution in [0, 0.1) is 12.8 Å². The van der Waals surface area contributed by atoms with Gasteiger partial charge in [-0.1, -0.05) is 38.2 Å². The number of amides is 2. The Morgan fingerprint density at radius 2 is 2.05 bits per heavy atom. The Hall–Kier alpha value is -1.03. The Balaban J connectivity index is 1.72. The summed E-state index contributed by atoms with van der Waals surface area (Å²) in [7, 11) is 0. The highest BCUT2D eigenvalue weighted by Gasteiger charge is 2.13. The SMILES string of the molecule is Cc1ccc(NC(=O)NCCC2CCCCC2)c(Br)c1. The van der Waals surface area contributed by atoms with Crippen LogP contribution in [0.15, 0.2) is 22.7 Å². The molecule has 1 fully saturated rings. The molecule has 20 heavy (non-hydrogen) atoms. The first kappa shape index (κ1) is 15.4. The van der Waals surface area contributed by atoms with Gasteiger partial charge in [-0.2, -0.15) is 0 Å². The van der Waals surface area contributed by atoms with Gasteiger partial charge in [-0.3, -0.25) is 0 Å². The number of carbonyl (C=O) groups is 1. The summed E-state index contributed by atoms with van der Waals surface area (Å²) in [6.45, 7) is 2.79. The lowest BCUT2D eigenvalue weighted by molar-refractivity contribution is 0.250. The molecule has 1 aliphatic rings. The van der Waals surface area contributed by atoms with E-state index in [0.29, 0.717) is 0 Å². The number of urea groups is 1. The fraction of sp³-hybridized carbons (Fsp3) is 0.562. The van der Waals surface area contributed by atoms with E-state index >= 15 is 0 Å². The highest BCUT2D eigenvalue weighted by atomic mass is 79.9. The van der Waals surface area contributed by atoms with Gasteiger partial charge in [-0.25, -0.2) is 4.79 Å². The van der Waals surface area contributed by atoms with Gasteiger partial charge in [0.25, 0.3) is 0 Å². The Morgan fingerprint density at radius 1 is 1.30 bits per heavy atom. The molecule has 0 spiro atoms. The van der Waals surface area contributed by atoms with Crippen molar-refractivity contribution < 1.29 is 4.79 Å². The highest BCUT2D eigenvalue weighted by molar-refractivity contribution is 9.10. The third kappa shape index (κ3) is 4.82. The zero-order valence-corrected chi connectivity index (χ0v) is 13.6. The predicted molar refractivity (Wildman–Crippen MR) is 87.1 cm³/mol. The molecule has 2 rings (SSSR count). The van der Waals surface area contributed by atoms with Crippen LogP contribution in [0.5, 0.6) is 0 Å². The van der Waals surface area contributed by atoms with Gasteiger partial charge in [0.15, 0.2) is 0 Å². The number of hydrogen-bond acceptors (Lipinski definition) is 1. The van der Waals surface area contributed by atoms with Gasteiger partial charge < -0.3 is 10.6 Å². The molecule has 1 aliphatic carbocycles. The van der Waals surface area contributed by atoms with Crippen molar-refractivity contribution in [1.29, 1.82) is 0 Å². The smallest absolute Gasteiger partial charge is 0.319 e. The average molecular weight is 339 g/mol. The molecule has 0 heterocycles. The van der Waals surface area contributed by atoms with Crippen molar-refractivity contribution in [2.45, 2.75) is 45.4 Å². The number of rotatable bonds is 4. The molecule has 1 aromatic rings. The summed E-state index contributed by atoms with van der Waals surface area (Å²) in [4.78, 5) is 11.8. The minimum Gasteiger partial charge on any atom is -0.338 e. The Bertz CT molecular complexity index is 456. The van der Waals surface area contributed by atoms with Crippen LogP contribution in [0.3, 0.4) is 0 Å². The number of nitrogens with one attached hydrogen (secondary N) is 2. The van der Waals surface area contributed by atoms with E-state index in [1.807, 2.05) is 25.1 Å². The maximum Gasteiger partial charge on any atom is 0.319 e. The summed E-state index contributed by atoms with van der Waals surface area (Å²) in [6.07, 6.45) is 7.84. The molecule has 0 bridgehead atoms. The van der Waals surface area contributed by atoms with Gasteiger partial charge in [0.1, 0.15) is 0 Å². The molecule has 3 nitrogen and oxygen atoms in total. The second-order valence-electron chi connectivity index (χ2n) is 5.66. The molecule has 0 unspecified atom stereocenters. The van der Waals surface area contributed by atoms with Crippen LogP contribution in [0.1, 0.15) is 44.1 Å². The van der Waals surface area contributed by atoms with Crippen LogP contribution in [0.2, 0.25) is 0 Å². The Morgan fingerprint density at radius 3 is 2.75 bits per heavy atom. The fourth-order valence-electron chi connectivity index (χ4n) is 2.75. The first-order valence-electron chi connectivity index (χ1n) is 7.46. The molecule has 0 aliphatic heterocycles. The third-order valence-electron chi connectivity index (χ3n) is 3.94. The topological polar surface area (TPSA) is 41.1 Å². The molecule has 1 saturated carbocycles. The van der Waals surface area contributed by atoms with E-state index < -0.39 is 0 Å². The zero-order chi connectivity index (χ0) is 14.4. The van der Waals surface area contributed by atoms with Gasteiger partial charge in [0.05, 0.1) is 5.69 Å². The lowest BCUT2D eigenvalue weighted by atomic mass is 9.87. The van der Waals surface area contributed by atoms with Gasteiger partial charge in [0, 0.05) is 11.0 Å². The van der Waals surface area contributed by atoms with Crippen molar-refractivity contribution in [3.63, 3.8) is 0 Å². The lowest BCUT2D eigenvalue weighted by Crippen LogP contribution is -2.30. The molecule has 0 saturated heterocycles. The van der Waals surface area contributed by atoms with Crippen molar-refractivity contribution in [2.24, 2.45) is 5.92 Å². The monoisotopic (exact) mass is 338 g/mol. The molecule has 2 amide bonds. The molecular formula is C16H23BrN2O. The fourth-order valence-corrected chi connectivity index (χ4v) is 3.35. The Kier molecular flexibility index (Phi) is 5.89. The standard InChI is InChI=1S/C16H23BrN2O/c1-12-7-8-15(14(17)11-12)19-16(20)18-10-9-13-5-3-2-4-6-13/h7-8,11,13H,2-6,9-10H2,1H3,(H2,18,19,20). The number of aryl methyl sites for hydroxylation is 1. The number of anilines is 1. The highest BCUT2D eigenvalue weighted by Crippen LogP contribution is 2.26.